The summed E-state index contributed by atoms with van der Waals surface area (Å²) in [5.41, 5.74) is -0.411. The topological polar surface area (TPSA) is 162 Å². The van der Waals surface area contributed by atoms with Crippen LogP contribution in [0.3, 0.4) is 0 Å². The number of aliphatic carboxylic acids is 3. The molecule has 0 radical (unpaired) electrons. The van der Waals surface area contributed by atoms with E-state index in [4.69, 9.17) is 39.2 Å². The third-order valence-electron chi connectivity index (χ3n) is 2.84. The Bertz CT molecular complexity index is 468. The molecule has 0 atom stereocenters. The number of hydrogen-bond donors (Lipinski definition) is 0. The van der Waals surface area contributed by atoms with E-state index >= 15 is 0 Å². The average molecular weight is 518 g/mol. The maximum atomic E-state index is 11.2. The minimum absolute atomic E-state index is 0. The van der Waals surface area contributed by atoms with Crippen LogP contribution in [0.4, 0.5) is 0 Å². The summed E-state index contributed by atoms with van der Waals surface area (Å²) in [6.07, 6.45) is 6.27. The fourth-order valence-corrected chi connectivity index (χ4v) is 1.15. The van der Waals surface area contributed by atoms with Gasteiger partial charge in [-0.15, -0.1) is 19.8 Å². The first-order chi connectivity index (χ1) is 14.1. The molecular weight excluding hydrogens is 487 g/mol. The molecule has 0 bridgehead atoms. The van der Waals surface area contributed by atoms with Crippen molar-refractivity contribution >= 4 is 17.9 Å². The summed E-state index contributed by atoms with van der Waals surface area (Å²) in [6.45, 7) is 19.4. The number of carboxylic acids is 3. The van der Waals surface area contributed by atoms with Crippen molar-refractivity contribution in [2.24, 2.45) is 5.41 Å². The van der Waals surface area contributed by atoms with E-state index in [1.165, 1.54) is 0 Å². The van der Waals surface area contributed by atoms with Crippen molar-refractivity contribution in [1.82, 2.24) is 0 Å². The van der Waals surface area contributed by atoms with E-state index in [0.29, 0.717) is 26.4 Å². The Kier molecular flexibility index (Phi) is 38.2. The number of carboxylic acid groups (broad SMARTS) is 3. The van der Waals surface area contributed by atoms with Crippen molar-refractivity contribution in [1.29, 1.82) is 0 Å². The van der Waals surface area contributed by atoms with Crippen molar-refractivity contribution in [3.05, 3.63) is 63.3 Å². The van der Waals surface area contributed by atoms with E-state index in [2.05, 4.69) is 32.9 Å². The van der Waals surface area contributed by atoms with Crippen LogP contribution in [0.2, 0.25) is 0 Å². The second-order valence-electron chi connectivity index (χ2n) is 5.17. The third-order valence-corrected chi connectivity index (χ3v) is 2.84. The van der Waals surface area contributed by atoms with Gasteiger partial charge < -0.3 is 44.3 Å². The van der Waals surface area contributed by atoms with Crippen LogP contribution in [-0.4, -0.2) is 50.9 Å². The van der Waals surface area contributed by atoms with Crippen molar-refractivity contribution in [2.75, 3.05) is 33.0 Å². The number of carbonyl (C=O) groups excluding carboxylic acids is 3. The molecule has 9 nitrogen and oxygen atoms in total. The number of ether oxygens (including phenoxy) is 2. The van der Waals surface area contributed by atoms with E-state index in [-0.39, 0.29) is 32.8 Å². The average Bonchev–Trinajstić information content (AvgIpc) is 2.74. The Balaban J connectivity index is -0.000000116. The Hall–Kier alpha value is -2.13. The Morgan fingerprint density at radius 3 is 1.16 bits per heavy atom. The molecule has 0 rings (SSSR count). The molecule has 10 heteroatoms. The zero-order valence-electron chi connectivity index (χ0n) is 17.8. The zero-order chi connectivity index (χ0) is 24.4. The molecule has 0 aromatic heterocycles. The summed E-state index contributed by atoms with van der Waals surface area (Å²) < 4.78 is 10.7. The molecule has 172 valence electrons. The van der Waals surface area contributed by atoms with Gasteiger partial charge in [0.25, 0.3) is 0 Å². The summed E-state index contributed by atoms with van der Waals surface area (Å²) in [6, 6.07) is 0. The number of hydrogen-bond acceptors (Lipinski definition) is 9. The maximum absolute atomic E-state index is 11.2. The van der Waals surface area contributed by atoms with Gasteiger partial charge in [0, 0.05) is 5.41 Å². The first-order valence-electron chi connectivity index (χ1n) is 8.51. The predicted molar refractivity (Wildman–Crippen MR) is 105 cm³/mol. The summed E-state index contributed by atoms with van der Waals surface area (Å²) in [7, 11) is 0. The molecule has 0 aliphatic carbocycles. The van der Waals surface area contributed by atoms with Crippen LogP contribution in [0, 0.1) is 5.41 Å². The van der Waals surface area contributed by atoms with E-state index in [1.807, 2.05) is 6.92 Å². The number of rotatable bonds is 13. The molecule has 0 aliphatic heterocycles. The predicted octanol–water partition coefficient (Wildman–Crippen LogP) is -2.09. The molecule has 0 spiro atoms. The van der Waals surface area contributed by atoms with Crippen LogP contribution in [0.5, 0.6) is 0 Å². The molecule has 0 aliphatic rings. The van der Waals surface area contributed by atoms with Gasteiger partial charge in [0.2, 0.25) is 0 Å². The second kappa shape index (κ2) is 30.1. The van der Waals surface area contributed by atoms with Gasteiger partial charge in [-0.05, 0) is 24.6 Å². The molecule has 0 fully saturated rings. The minimum Gasteiger partial charge on any atom is -0.854 e. The van der Waals surface area contributed by atoms with E-state index in [9.17, 15) is 5.11 Å². The largest absolute Gasteiger partial charge is 4.00 e. The van der Waals surface area contributed by atoms with Crippen molar-refractivity contribution in [3.8, 4) is 0 Å². The zero-order valence-corrected chi connectivity index (χ0v) is 20.3. The molecule has 0 aromatic carbocycles. The second-order valence-corrected chi connectivity index (χ2v) is 5.17. The molecule has 0 heterocycles. The van der Waals surface area contributed by atoms with Gasteiger partial charge in [0.1, 0.15) is 0 Å². The van der Waals surface area contributed by atoms with Crippen LogP contribution in [0.1, 0.15) is 13.3 Å². The van der Waals surface area contributed by atoms with Gasteiger partial charge in [0.05, 0.1) is 44.3 Å². The third kappa shape index (κ3) is 39.0. The molecule has 0 saturated heterocycles. The monoisotopic (exact) mass is 516 g/mol. The van der Waals surface area contributed by atoms with Gasteiger partial charge in [-0.25, -0.2) is 0 Å². The molecule has 0 aromatic rings. The van der Waals surface area contributed by atoms with Gasteiger partial charge in [-0.1, -0.05) is 38.8 Å². The van der Waals surface area contributed by atoms with Gasteiger partial charge in [-0.3, -0.25) is 0 Å². The molecule has 0 saturated carbocycles. The van der Waals surface area contributed by atoms with Crippen molar-refractivity contribution < 1.29 is 70.5 Å². The van der Waals surface area contributed by atoms with Crippen LogP contribution >= 0.6 is 0 Å². The fourth-order valence-electron chi connectivity index (χ4n) is 1.15. The number of carbonyl (C=O) groups is 3. The van der Waals surface area contributed by atoms with E-state index in [1.54, 1.807) is 12.2 Å². The molecule has 0 amide bonds. The van der Waals surface area contributed by atoms with Crippen molar-refractivity contribution in [3.63, 3.8) is 0 Å². The van der Waals surface area contributed by atoms with Crippen LogP contribution < -0.4 is 20.4 Å². The summed E-state index contributed by atoms with van der Waals surface area (Å²) in [5, 5.41) is 38.6. The van der Waals surface area contributed by atoms with Crippen LogP contribution in [-0.2, 0) is 50.1 Å². The normalized spacial score (nSPS) is 8.58. The summed E-state index contributed by atoms with van der Waals surface area (Å²) >= 11 is 0. The van der Waals surface area contributed by atoms with Gasteiger partial charge in [-0.2, -0.15) is 0 Å². The first-order valence-corrected chi connectivity index (χ1v) is 8.51. The minimum atomic E-state index is -1.23. The summed E-state index contributed by atoms with van der Waals surface area (Å²) in [5.74, 6) is -3.69. The Morgan fingerprint density at radius 2 is 1.03 bits per heavy atom. The molecule has 0 unspecified atom stereocenters. The van der Waals surface area contributed by atoms with Gasteiger partial charge >= 0.3 is 26.2 Å². The smallest absolute Gasteiger partial charge is 0.854 e. The molecular formula is C21H30O9Zr. The van der Waals surface area contributed by atoms with E-state index < -0.39 is 23.3 Å². The maximum Gasteiger partial charge on any atom is 4.00 e. The van der Waals surface area contributed by atoms with Crippen molar-refractivity contribution in [2.45, 2.75) is 13.3 Å². The van der Waals surface area contributed by atoms with Gasteiger partial charge in [0.15, 0.2) is 0 Å². The quantitative estimate of drug-likeness (QED) is 0.151. The standard InChI is InChI=1S/C12H21O3.3C3H4O2.Zr/c1-4-7-14-10-12(6-3,9-13)11-15-8-5-2;3*1-2-3(4)5;/h4-5H,1-2,6-11H2,3H3;3*2H,1H2,(H,4,5);/q-1;;;;+4/p-3. The summed E-state index contributed by atoms with van der Waals surface area (Å²) in [4.78, 5) is 27.4. The van der Waals surface area contributed by atoms with Crippen LogP contribution in [0.15, 0.2) is 63.3 Å². The molecule has 0 N–H and O–H groups in total. The fraction of sp³-hybridized carbons (Fsp3) is 0.381. The molecule has 31 heavy (non-hydrogen) atoms. The first kappa shape index (κ1) is 39.4. The Labute approximate surface area is 203 Å². The van der Waals surface area contributed by atoms with E-state index in [0.717, 1.165) is 24.6 Å². The SMILES string of the molecule is C=CC(=O)[O-].C=CC(=O)[O-].C=CC(=O)[O-].C=CCOCC(CC)(C[O-])COCC=C.[Zr+4]. The van der Waals surface area contributed by atoms with Crippen LogP contribution in [0.25, 0.3) is 0 Å². The Morgan fingerprint density at radius 1 is 0.774 bits per heavy atom.